The fourth-order valence-electron chi connectivity index (χ4n) is 14.0. The highest BCUT2D eigenvalue weighted by molar-refractivity contribution is 5.77. The Balaban J connectivity index is 1.49. The number of ether oxygens (including phenoxy) is 6. The third-order valence-electron chi connectivity index (χ3n) is 20.4. The Morgan fingerprint density at radius 2 is 0.931 bits per heavy atom. The lowest BCUT2D eigenvalue weighted by Gasteiger charge is -2.50. The third-order valence-corrected chi connectivity index (χ3v) is 20.4. The van der Waals surface area contributed by atoms with Crippen molar-refractivity contribution in [3.63, 3.8) is 0 Å². The van der Waals surface area contributed by atoms with Crippen LogP contribution in [0.5, 0.6) is 0 Å². The van der Waals surface area contributed by atoms with Crippen LogP contribution in [0.2, 0.25) is 0 Å². The van der Waals surface area contributed by atoms with Gasteiger partial charge in [0.15, 0.2) is 12.6 Å². The molecule has 0 aromatic carbocycles. The third kappa shape index (κ3) is 38.0. The minimum atomic E-state index is -3.08. The molecule has 592 valence electrons. The van der Waals surface area contributed by atoms with Gasteiger partial charge in [0, 0.05) is 19.8 Å². The molecule has 0 aliphatic carbocycles. The van der Waals surface area contributed by atoms with Crippen molar-refractivity contribution in [2.75, 3.05) is 26.4 Å². The summed E-state index contributed by atoms with van der Waals surface area (Å²) in [5.41, 5.74) is 0. The average molecular weight is 1450 g/mol. The Morgan fingerprint density at radius 3 is 1.35 bits per heavy atom. The molecule has 3 aliphatic heterocycles. The fourth-order valence-corrected chi connectivity index (χ4v) is 14.0. The van der Waals surface area contributed by atoms with E-state index in [4.69, 9.17) is 28.4 Å². The number of nitrogens with one attached hydrogen (secondary N) is 2. The molecule has 0 aromatic heterocycles. The summed E-state index contributed by atoms with van der Waals surface area (Å²) in [6.45, 7) is 2.18. The Labute approximate surface area is 606 Å². The van der Waals surface area contributed by atoms with Gasteiger partial charge < -0.3 is 100 Å². The lowest BCUT2D eigenvalue weighted by molar-refractivity contribution is -0.386. The number of hydrogen-bond acceptors (Lipinski definition) is 20. The van der Waals surface area contributed by atoms with Crippen LogP contribution in [0.4, 0.5) is 0 Å². The number of carboxylic acid groups (broad SMARTS) is 1. The molecule has 101 heavy (non-hydrogen) atoms. The van der Waals surface area contributed by atoms with E-state index in [9.17, 15) is 75.7 Å². The van der Waals surface area contributed by atoms with Crippen molar-refractivity contribution in [2.24, 2.45) is 0 Å². The molecule has 0 spiro atoms. The molecule has 3 aliphatic rings. The molecule has 23 nitrogen and oxygen atoms in total. The van der Waals surface area contributed by atoms with Gasteiger partial charge in [-0.15, -0.1) is 0 Å². The summed E-state index contributed by atoms with van der Waals surface area (Å²) in [6, 6.07) is -2.62. The number of rotatable bonds is 63. The van der Waals surface area contributed by atoms with Crippen LogP contribution in [0, 0.1) is 0 Å². The van der Waals surface area contributed by atoms with Crippen molar-refractivity contribution in [1.82, 2.24) is 10.6 Å². The number of hydrogen-bond donors (Lipinski definition) is 14. The molecule has 3 rings (SSSR count). The maximum Gasteiger partial charge on any atom is 0.364 e. The van der Waals surface area contributed by atoms with E-state index in [1.165, 1.54) is 225 Å². The highest BCUT2D eigenvalue weighted by atomic mass is 16.8. The van der Waals surface area contributed by atoms with Crippen molar-refractivity contribution in [1.29, 1.82) is 0 Å². The first-order valence-electron chi connectivity index (χ1n) is 40.2. The summed E-state index contributed by atoms with van der Waals surface area (Å²) in [7, 11) is 0. The average Bonchev–Trinajstić information content (AvgIpc) is 0.756. The zero-order valence-corrected chi connectivity index (χ0v) is 62.5. The van der Waals surface area contributed by atoms with Crippen LogP contribution < -0.4 is 10.6 Å². The van der Waals surface area contributed by atoms with Crippen LogP contribution in [-0.4, -0.2) is 215 Å². The Hall–Kier alpha value is -2.79. The molecule has 0 saturated carbocycles. The molecule has 0 radical (unpaired) electrons. The van der Waals surface area contributed by atoms with Gasteiger partial charge in [0.05, 0.1) is 50.7 Å². The van der Waals surface area contributed by atoms with Gasteiger partial charge in [-0.2, -0.15) is 0 Å². The van der Waals surface area contributed by atoms with Crippen molar-refractivity contribution in [3.8, 4) is 0 Å². The first kappa shape index (κ1) is 92.4. The van der Waals surface area contributed by atoms with E-state index < -0.39 is 155 Å². The number of unbranched alkanes of at least 4 members (excludes halogenated alkanes) is 41. The molecule has 0 aromatic rings. The summed E-state index contributed by atoms with van der Waals surface area (Å²) < 4.78 is 34.9. The van der Waals surface area contributed by atoms with E-state index in [2.05, 4.69) is 36.6 Å². The van der Waals surface area contributed by atoms with Gasteiger partial charge in [0.25, 0.3) is 5.79 Å². The molecular formula is C78H144N2O21. The topological polar surface area (TPSA) is 373 Å². The Morgan fingerprint density at radius 1 is 0.515 bits per heavy atom. The highest BCUT2D eigenvalue weighted by Crippen LogP contribution is 2.39. The summed E-state index contributed by atoms with van der Waals surface area (Å²) in [6.07, 6.45) is 33.7. The van der Waals surface area contributed by atoms with Gasteiger partial charge in [-0.1, -0.05) is 276 Å². The molecule has 3 fully saturated rings. The van der Waals surface area contributed by atoms with Crippen LogP contribution in [-0.2, 0) is 42.8 Å². The Bertz CT molecular complexity index is 2110. The molecule has 3 saturated heterocycles. The molecule has 23 heteroatoms. The smallest absolute Gasteiger partial charge is 0.364 e. The van der Waals surface area contributed by atoms with Crippen LogP contribution in [0.25, 0.3) is 0 Å². The van der Waals surface area contributed by atoms with E-state index in [1.807, 2.05) is 6.08 Å². The molecule has 0 bridgehead atoms. The highest BCUT2D eigenvalue weighted by Gasteiger charge is 2.60. The molecule has 18 atom stereocenters. The number of carbonyl (C=O) groups is 3. The van der Waals surface area contributed by atoms with Gasteiger partial charge in [0.1, 0.15) is 67.1 Å². The monoisotopic (exact) mass is 1450 g/mol. The van der Waals surface area contributed by atoms with Crippen LogP contribution in [0.3, 0.4) is 0 Å². The van der Waals surface area contributed by atoms with Gasteiger partial charge >= 0.3 is 5.97 Å². The normalized spacial score (nSPS) is 26.9. The van der Waals surface area contributed by atoms with Crippen LogP contribution >= 0.6 is 0 Å². The lowest BCUT2D eigenvalue weighted by atomic mass is 9.88. The van der Waals surface area contributed by atoms with Crippen molar-refractivity contribution in [2.45, 2.75) is 426 Å². The predicted molar refractivity (Wildman–Crippen MR) is 389 cm³/mol. The van der Waals surface area contributed by atoms with E-state index in [0.29, 0.717) is 12.8 Å². The molecule has 14 N–H and O–H groups in total. The first-order valence-corrected chi connectivity index (χ1v) is 40.2. The second-order valence-corrected chi connectivity index (χ2v) is 29.3. The van der Waals surface area contributed by atoms with Crippen molar-refractivity contribution in [3.05, 3.63) is 24.3 Å². The lowest BCUT2D eigenvalue weighted by Crippen LogP contribution is -2.70. The number of aliphatic hydroxyl groups excluding tert-OH is 11. The summed E-state index contributed by atoms with van der Waals surface area (Å²) in [5.74, 6) is -6.14. The number of carboxylic acids is 1. The van der Waals surface area contributed by atoms with E-state index >= 15 is 0 Å². The zero-order chi connectivity index (χ0) is 73.9. The van der Waals surface area contributed by atoms with E-state index in [0.717, 1.165) is 51.9 Å². The summed E-state index contributed by atoms with van der Waals surface area (Å²) in [5, 5.41) is 136. The van der Waals surface area contributed by atoms with Crippen molar-refractivity contribution >= 4 is 17.8 Å². The second-order valence-electron chi connectivity index (χ2n) is 29.3. The largest absolute Gasteiger partial charge is 0.477 e. The maximum absolute atomic E-state index is 13.5. The van der Waals surface area contributed by atoms with E-state index in [1.54, 1.807) is 6.08 Å². The standard InChI is InChI=1S/C78H144N2O21/c1-4-6-8-10-12-14-16-18-20-22-23-24-25-26-27-28-29-30-31-32-33-34-36-38-40-42-44-46-48-50-52-65(88)80-59(60(85)51-49-47-45-43-41-39-37-35-21-19-17-15-13-11-9-7-5-2)57-96-75-70(92)69(91)72(64(56-83)98-75)99-76-71(93)74(68(90)63(55-82)97-76)101-78(77(94)95)53-61(86)66(79-58(3)84)73(100-78)67(89)62(87)54-81/h26-27,49,51,59-64,66-76,81-83,85-87,89-93H,4-25,28-48,50,52-57H2,1-3H3,(H,79,84)(H,80,88)(H,94,95)/b27-26-,51-49+. The first-order chi connectivity index (χ1) is 48.9. The fraction of sp³-hybridized carbons (Fsp3) is 0.910. The minimum Gasteiger partial charge on any atom is -0.477 e. The maximum atomic E-state index is 13.5. The molecule has 18 unspecified atom stereocenters. The Kier molecular flexibility index (Phi) is 52.5. The van der Waals surface area contributed by atoms with Gasteiger partial charge in [0.2, 0.25) is 11.8 Å². The molecular weight excluding hydrogens is 1300 g/mol. The van der Waals surface area contributed by atoms with Crippen molar-refractivity contribution < 1.29 is 104 Å². The van der Waals surface area contributed by atoms with E-state index in [-0.39, 0.29) is 12.3 Å². The summed E-state index contributed by atoms with van der Waals surface area (Å²) >= 11 is 0. The number of aliphatic carboxylic acids is 1. The summed E-state index contributed by atoms with van der Waals surface area (Å²) in [4.78, 5) is 38.7. The SMILES string of the molecule is CCCCCCCCCCCCCC/C=C\CCCCCCCCCCCCCCCCC(=O)NC(COC1OC(CO)C(OC2OC(CO)C(O)C(OC3(C(=O)O)CC(O)C(NC(C)=O)C(C(O)C(O)CO)O3)C2O)C(O)C1O)C(O)/C=C/CCCCCCCCCCCCCCCCC. The number of amides is 2. The predicted octanol–water partition coefficient (Wildman–Crippen LogP) is 10.4. The zero-order valence-electron chi connectivity index (χ0n) is 62.5. The molecule has 3 heterocycles. The van der Waals surface area contributed by atoms with Gasteiger partial charge in [-0.05, 0) is 44.9 Å². The van der Waals surface area contributed by atoms with Crippen LogP contribution in [0.1, 0.15) is 316 Å². The number of carbonyl (C=O) groups excluding carboxylic acids is 2. The minimum absolute atomic E-state index is 0.202. The van der Waals surface area contributed by atoms with Gasteiger partial charge in [-0.25, -0.2) is 4.79 Å². The van der Waals surface area contributed by atoms with Gasteiger partial charge in [-0.3, -0.25) is 9.59 Å². The quantitative estimate of drug-likeness (QED) is 0.0199. The second kappa shape index (κ2) is 57.4. The number of aliphatic hydroxyl groups is 11. The van der Waals surface area contributed by atoms with Crippen LogP contribution in [0.15, 0.2) is 24.3 Å². The molecule has 2 amide bonds. The number of allylic oxidation sites excluding steroid dienone is 3.